The number of carbonyl (C=O) groups is 1. The molecule has 1 aliphatic rings. The molecule has 1 aliphatic heterocycles. The fourth-order valence-electron chi connectivity index (χ4n) is 2.95. The van der Waals surface area contributed by atoms with Gasteiger partial charge in [-0.2, -0.15) is 0 Å². The normalized spacial score (nSPS) is 16.0. The lowest BCUT2D eigenvalue weighted by molar-refractivity contribution is -0.131. The molecule has 1 aromatic heterocycles. The van der Waals surface area contributed by atoms with Crippen LogP contribution in [-0.4, -0.2) is 28.9 Å². The van der Waals surface area contributed by atoms with Crippen molar-refractivity contribution in [1.82, 2.24) is 9.88 Å². The minimum atomic E-state index is 0.228. The van der Waals surface area contributed by atoms with Crippen LogP contribution in [0.25, 0.3) is 0 Å². The van der Waals surface area contributed by atoms with Crippen molar-refractivity contribution in [2.24, 2.45) is 0 Å². The predicted octanol–water partition coefficient (Wildman–Crippen LogP) is 2.98. The summed E-state index contributed by atoms with van der Waals surface area (Å²) in [5, 5.41) is 3.01. The molecule has 0 saturated carbocycles. The fourth-order valence-corrected chi connectivity index (χ4v) is 3.83. The minimum Gasteiger partial charge on any atom is -0.383 e. The smallest absolute Gasteiger partial charge is 0.226 e. The number of rotatable bonds is 3. The van der Waals surface area contributed by atoms with E-state index in [1.54, 1.807) is 11.3 Å². The summed E-state index contributed by atoms with van der Waals surface area (Å²) in [5.74, 6) is 1.29. The SMILES string of the molecule is Cc1ccccc1CC(=O)N1CCC(c2nc(N)cs2)CC1. The van der Waals surface area contributed by atoms with E-state index in [1.807, 2.05) is 28.5 Å². The molecule has 0 spiro atoms. The van der Waals surface area contributed by atoms with Gasteiger partial charge in [0.2, 0.25) is 5.91 Å². The van der Waals surface area contributed by atoms with E-state index < -0.39 is 0 Å². The molecule has 5 heteroatoms. The number of amides is 1. The molecule has 116 valence electrons. The molecule has 0 unspecified atom stereocenters. The zero-order valence-corrected chi connectivity index (χ0v) is 13.6. The molecule has 0 bridgehead atoms. The quantitative estimate of drug-likeness (QED) is 0.947. The van der Waals surface area contributed by atoms with Gasteiger partial charge in [0.25, 0.3) is 0 Å². The molecule has 0 aliphatic carbocycles. The maximum absolute atomic E-state index is 12.5. The Hall–Kier alpha value is -1.88. The van der Waals surface area contributed by atoms with Crippen molar-refractivity contribution < 1.29 is 4.79 Å². The van der Waals surface area contributed by atoms with Gasteiger partial charge in [0.1, 0.15) is 5.82 Å². The number of likely N-dealkylation sites (tertiary alicyclic amines) is 1. The van der Waals surface area contributed by atoms with Gasteiger partial charge in [0.05, 0.1) is 11.4 Å². The van der Waals surface area contributed by atoms with Crippen molar-refractivity contribution in [2.75, 3.05) is 18.8 Å². The molecule has 22 heavy (non-hydrogen) atoms. The molecule has 1 aromatic carbocycles. The number of nitrogens with zero attached hydrogens (tertiary/aromatic N) is 2. The molecule has 3 rings (SSSR count). The summed E-state index contributed by atoms with van der Waals surface area (Å²) in [6.45, 7) is 3.69. The van der Waals surface area contributed by atoms with E-state index >= 15 is 0 Å². The van der Waals surface area contributed by atoms with Gasteiger partial charge in [-0.15, -0.1) is 11.3 Å². The van der Waals surface area contributed by atoms with Crippen LogP contribution in [0, 0.1) is 6.92 Å². The first kappa shape index (κ1) is 15.0. The summed E-state index contributed by atoms with van der Waals surface area (Å²) in [7, 11) is 0. The van der Waals surface area contributed by atoms with Crippen molar-refractivity contribution >= 4 is 23.1 Å². The lowest BCUT2D eigenvalue weighted by atomic mass is 9.96. The molecule has 2 N–H and O–H groups in total. The van der Waals surface area contributed by atoms with Crippen molar-refractivity contribution in [3.8, 4) is 0 Å². The summed E-state index contributed by atoms with van der Waals surface area (Å²) in [6, 6.07) is 8.10. The van der Waals surface area contributed by atoms with Crippen LogP contribution in [-0.2, 0) is 11.2 Å². The number of hydrogen-bond donors (Lipinski definition) is 1. The molecule has 0 radical (unpaired) electrons. The molecule has 2 aromatic rings. The van der Waals surface area contributed by atoms with Crippen molar-refractivity contribution in [1.29, 1.82) is 0 Å². The third-order valence-electron chi connectivity index (χ3n) is 4.34. The third-order valence-corrected chi connectivity index (χ3v) is 5.37. The van der Waals surface area contributed by atoms with Gasteiger partial charge in [-0.3, -0.25) is 4.79 Å². The van der Waals surface area contributed by atoms with Gasteiger partial charge in [-0.1, -0.05) is 24.3 Å². The van der Waals surface area contributed by atoms with E-state index in [4.69, 9.17) is 5.73 Å². The Balaban J connectivity index is 1.57. The van der Waals surface area contributed by atoms with Crippen molar-refractivity contribution in [3.63, 3.8) is 0 Å². The number of nitrogens with two attached hydrogens (primary N) is 1. The van der Waals surface area contributed by atoms with Gasteiger partial charge < -0.3 is 10.6 Å². The van der Waals surface area contributed by atoms with Crippen LogP contribution in [0.2, 0.25) is 0 Å². The Morgan fingerprint density at radius 2 is 2.09 bits per heavy atom. The second kappa shape index (κ2) is 6.48. The fraction of sp³-hybridized carbons (Fsp3) is 0.412. The van der Waals surface area contributed by atoms with Gasteiger partial charge >= 0.3 is 0 Å². The zero-order chi connectivity index (χ0) is 15.5. The Labute approximate surface area is 135 Å². The highest BCUT2D eigenvalue weighted by molar-refractivity contribution is 7.10. The van der Waals surface area contributed by atoms with Crippen LogP contribution < -0.4 is 5.73 Å². The van der Waals surface area contributed by atoms with E-state index in [1.165, 1.54) is 5.56 Å². The zero-order valence-electron chi connectivity index (χ0n) is 12.8. The Morgan fingerprint density at radius 3 is 2.73 bits per heavy atom. The third kappa shape index (κ3) is 3.30. The Kier molecular flexibility index (Phi) is 4.43. The number of anilines is 1. The molecular formula is C17H21N3OS. The van der Waals surface area contributed by atoms with Crippen LogP contribution in [0.5, 0.6) is 0 Å². The number of hydrogen-bond acceptors (Lipinski definition) is 4. The van der Waals surface area contributed by atoms with Crippen LogP contribution in [0.4, 0.5) is 5.82 Å². The number of nitrogen functional groups attached to an aromatic ring is 1. The summed E-state index contributed by atoms with van der Waals surface area (Å²) in [4.78, 5) is 18.8. The van der Waals surface area contributed by atoms with Crippen LogP contribution >= 0.6 is 11.3 Å². The standard InChI is InChI=1S/C17H21N3OS/c1-12-4-2-3-5-14(12)10-16(21)20-8-6-13(7-9-20)17-19-15(18)11-22-17/h2-5,11,13H,6-10,18H2,1H3. The summed E-state index contributed by atoms with van der Waals surface area (Å²) in [6.07, 6.45) is 2.46. The van der Waals surface area contributed by atoms with E-state index in [0.717, 1.165) is 36.5 Å². The maximum Gasteiger partial charge on any atom is 0.226 e. The average molecular weight is 315 g/mol. The first-order chi connectivity index (χ1) is 10.6. The molecular weight excluding hydrogens is 294 g/mol. The Morgan fingerprint density at radius 1 is 1.36 bits per heavy atom. The first-order valence-corrected chi connectivity index (χ1v) is 8.54. The van der Waals surface area contributed by atoms with Crippen LogP contribution in [0.1, 0.15) is 34.9 Å². The number of thiazole rings is 1. The van der Waals surface area contributed by atoms with Gasteiger partial charge in [0, 0.05) is 24.4 Å². The molecule has 1 saturated heterocycles. The lowest BCUT2D eigenvalue weighted by Gasteiger charge is -2.31. The molecule has 1 fully saturated rings. The highest BCUT2D eigenvalue weighted by atomic mass is 32.1. The van der Waals surface area contributed by atoms with E-state index in [0.29, 0.717) is 18.2 Å². The molecule has 4 nitrogen and oxygen atoms in total. The van der Waals surface area contributed by atoms with Crippen LogP contribution in [0.15, 0.2) is 29.6 Å². The molecule has 0 atom stereocenters. The average Bonchev–Trinajstić information content (AvgIpc) is 2.96. The lowest BCUT2D eigenvalue weighted by Crippen LogP contribution is -2.38. The number of benzene rings is 1. The van der Waals surface area contributed by atoms with E-state index in [2.05, 4.69) is 18.0 Å². The maximum atomic E-state index is 12.5. The number of aryl methyl sites for hydroxylation is 1. The monoisotopic (exact) mass is 315 g/mol. The minimum absolute atomic E-state index is 0.228. The molecule has 1 amide bonds. The summed E-state index contributed by atoms with van der Waals surface area (Å²) in [5.41, 5.74) is 8.01. The van der Waals surface area contributed by atoms with Crippen molar-refractivity contribution in [2.45, 2.75) is 32.1 Å². The number of aromatic nitrogens is 1. The summed E-state index contributed by atoms with van der Waals surface area (Å²) < 4.78 is 0. The van der Waals surface area contributed by atoms with E-state index in [9.17, 15) is 4.79 Å². The van der Waals surface area contributed by atoms with E-state index in [-0.39, 0.29) is 5.91 Å². The highest BCUT2D eigenvalue weighted by Gasteiger charge is 2.25. The summed E-state index contributed by atoms with van der Waals surface area (Å²) >= 11 is 1.63. The predicted molar refractivity (Wildman–Crippen MR) is 90.0 cm³/mol. The van der Waals surface area contributed by atoms with Crippen LogP contribution in [0.3, 0.4) is 0 Å². The second-order valence-corrected chi connectivity index (χ2v) is 6.76. The largest absolute Gasteiger partial charge is 0.383 e. The topological polar surface area (TPSA) is 59.2 Å². The second-order valence-electron chi connectivity index (χ2n) is 5.87. The Bertz CT molecular complexity index is 659. The number of piperidine rings is 1. The highest BCUT2D eigenvalue weighted by Crippen LogP contribution is 2.31. The van der Waals surface area contributed by atoms with Gasteiger partial charge in [0.15, 0.2) is 0 Å². The van der Waals surface area contributed by atoms with Gasteiger partial charge in [-0.25, -0.2) is 4.98 Å². The molecule has 2 heterocycles. The van der Waals surface area contributed by atoms with Crippen molar-refractivity contribution in [3.05, 3.63) is 45.8 Å². The number of carbonyl (C=O) groups excluding carboxylic acids is 1. The first-order valence-electron chi connectivity index (χ1n) is 7.66. The van der Waals surface area contributed by atoms with Gasteiger partial charge in [-0.05, 0) is 30.9 Å².